The van der Waals surface area contributed by atoms with Crippen molar-refractivity contribution in [3.8, 4) is 0 Å². The molecule has 0 amide bonds. The standard InChI is InChI=1S/C18H29NO/c1-12(2)10-16-17(20)15-7-6-14(18(3,4)5)11-13(15)8-9-19-16/h6-7,11-12,16-17,19-20H,8-10H2,1-5H3/t16-,17?/m1/s1. The van der Waals surface area contributed by atoms with Crippen LogP contribution in [0.15, 0.2) is 18.2 Å². The Morgan fingerprint density at radius 1 is 1.30 bits per heavy atom. The first-order chi connectivity index (χ1) is 9.29. The van der Waals surface area contributed by atoms with Gasteiger partial charge in [-0.25, -0.2) is 0 Å². The molecule has 0 saturated heterocycles. The Morgan fingerprint density at radius 3 is 2.60 bits per heavy atom. The van der Waals surface area contributed by atoms with Gasteiger partial charge >= 0.3 is 0 Å². The number of nitrogens with one attached hydrogen (secondary N) is 1. The second-order valence-corrected chi connectivity index (χ2v) is 7.55. The highest BCUT2D eigenvalue weighted by atomic mass is 16.3. The third-order valence-electron chi connectivity index (χ3n) is 4.23. The van der Waals surface area contributed by atoms with Crippen LogP contribution in [0.25, 0.3) is 0 Å². The number of hydrogen-bond acceptors (Lipinski definition) is 2. The van der Waals surface area contributed by atoms with Gasteiger partial charge in [0.15, 0.2) is 0 Å². The van der Waals surface area contributed by atoms with Gasteiger partial charge in [-0.3, -0.25) is 0 Å². The predicted molar refractivity (Wildman–Crippen MR) is 85.1 cm³/mol. The van der Waals surface area contributed by atoms with E-state index in [1.54, 1.807) is 0 Å². The molecule has 0 radical (unpaired) electrons. The fourth-order valence-corrected chi connectivity index (χ4v) is 3.02. The zero-order chi connectivity index (χ0) is 14.9. The molecule has 1 aliphatic heterocycles. The minimum Gasteiger partial charge on any atom is -0.387 e. The monoisotopic (exact) mass is 275 g/mol. The summed E-state index contributed by atoms with van der Waals surface area (Å²) in [5.74, 6) is 0.595. The summed E-state index contributed by atoms with van der Waals surface area (Å²) in [6.45, 7) is 12.1. The zero-order valence-electron chi connectivity index (χ0n) is 13.5. The number of fused-ring (bicyclic) bond motifs is 1. The average molecular weight is 275 g/mol. The molecule has 2 rings (SSSR count). The molecule has 0 aliphatic carbocycles. The van der Waals surface area contributed by atoms with Crippen molar-refractivity contribution in [2.24, 2.45) is 5.92 Å². The van der Waals surface area contributed by atoms with Gasteiger partial charge in [-0.15, -0.1) is 0 Å². The number of hydrogen-bond donors (Lipinski definition) is 2. The summed E-state index contributed by atoms with van der Waals surface area (Å²) in [6.07, 6.45) is 1.64. The van der Waals surface area contributed by atoms with Crippen molar-refractivity contribution in [1.29, 1.82) is 0 Å². The lowest BCUT2D eigenvalue weighted by Gasteiger charge is -2.25. The first-order valence-corrected chi connectivity index (χ1v) is 7.84. The summed E-state index contributed by atoms with van der Waals surface area (Å²) < 4.78 is 0. The van der Waals surface area contributed by atoms with Crippen LogP contribution in [0.5, 0.6) is 0 Å². The molecule has 0 spiro atoms. The zero-order valence-corrected chi connectivity index (χ0v) is 13.5. The topological polar surface area (TPSA) is 32.3 Å². The Kier molecular flexibility index (Phi) is 4.55. The molecule has 20 heavy (non-hydrogen) atoms. The molecular formula is C18H29NO. The summed E-state index contributed by atoms with van der Waals surface area (Å²) in [7, 11) is 0. The van der Waals surface area contributed by atoms with Crippen LogP contribution in [0.3, 0.4) is 0 Å². The molecule has 0 bridgehead atoms. The maximum Gasteiger partial charge on any atom is 0.0945 e. The maximum atomic E-state index is 10.7. The van der Waals surface area contributed by atoms with Crippen molar-refractivity contribution in [2.75, 3.05) is 6.54 Å². The van der Waals surface area contributed by atoms with Crippen molar-refractivity contribution >= 4 is 0 Å². The molecule has 0 saturated carbocycles. The molecule has 1 aromatic carbocycles. The largest absolute Gasteiger partial charge is 0.387 e. The van der Waals surface area contributed by atoms with E-state index in [-0.39, 0.29) is 17.6 Å². The van der Waals surface area contributed by atoms with Gasteiger partial charge in [-0.05, 0) is 47.4 Å². The highest BCUT2D eigenvalue weighted by molar-refractivity contribution is 5.38. The van der Waals surface area contributed by atoms with E-state index in [2.05, 4.69) is 58.1 Å². The number of benzene rings is 1. The third kappa shape index (κ3) is 3.42. The number of aliphatic hydroxyl groups excluding tert-OH is 1. The Morgan fingerprint density at radius 2 is 2.00 bits per heavy atom. The molecule has 112 valence electrons. The first-order valence-electron chi connectivity index (χ1n) is 7.84. The fraction of sp³-hybridized carbons (Fsp3) is 0.667. The Bertz CT molecular complexity index is 459. The molecule has 2 nitrogen and oxygen atoms in total. The van der Waals surface area contributed by atoms with E-state index in [9.17, 15) is 5.11 Å². The Labute approximate surface area is 123 Å². The predicted octanol–water partition coefficient (Wildman–Crippen LogP) is 3.58. The third-order valence-corrected chi connectivity index (χ3v) is 4.23. The van der Waals surface area contributed by atoms with Crippen molar-refractivity contribution in [3.05, 3.63) is 34.9 Å². The molecule has 1 heterocycles. The van der Waals surface area contributed by atoms with Gasteiger partial charge in [0.05, 0.1) is 6.10 Å². The van der Waals surface area contributed by atoms with E-state index in [0.717, 1.165) is 24.9 Å². The van der Waals surface area contributed by atoms with Gasteiger partial charge < -0.3 is 10.4 Å². The molecular weight excluding hydrogens is 246 g/mol. The number of aliphatic hydroxyl groups is 1. The van der Waals surface area contributed by atoms with E-state index in [1.807, 2.05) is 0 Å². The molecule has 0 fully saturated rings. The molecule has 1 aliphatic rings. The van der Waals surface area contributed by atoms with E-state index in [4.69, 9.17) is 0 Å². The van der Waals surface area contributed by atoms with Crippen molar-refractivity contribution < 1.29 is 5.11 Å². The van der Waals surface area contributed by atoms with Crippen LogP contribution >= 0.6 is 0 Å². The van der Waals surface area contributed by atoms with Crippen molar-refractivity contribution in [1.82, 2.24) is 5.32 Å². The minimum absolute atomic E-state index is 0.164. The molecule has 2 N–H and O–H groups in total. The van der Waals surface area contributed by atoms with Crippen molar-refractivity contribution in [2.45, 2.75) is 65.0 Å². The van der Waals surface area contributed by atoms with Crippen LogP contribution in [-0.2, 0) is 11.8 Å². The summed E-state index contributed by atoms with van der Waals surface area (Å²) in [5.41, 5.74) is 3.94. The van der Waals surface area contributed by atoms with E-state index in [0.29, 0.717) is 5.92 Å². The van der Waals surface area contributed by atoms with Crippen LogP contribution < -0.4 is 5.32 Å². The maximum absolute atomic E-state index is 10.7. The normalized spacial score (nSPS) is 23.6. The molecule has 2 heteroatoms. The van der Waals surface area contributed by atoms with Crippen LogP contribution in [-0.4, -0.2) is 17.7 Å². The van der Waals surface area contributed by atoms with Gasteiger partial charge in [0.1, 0.15) is 0 Å². The second kappa shape index (κ2) is 5.87. The number of rotatable bonds is 2. The van der Waals surface area contributed by atoms with Crippen LogP contribution in [0.1, 0.15) is 63.8 Å². The lowest BCUT2D eigenvalue weighted by Crippen LogP contribution is -2.35. The van der Waals surface area contributed by atoms with Gasteiger partial charge in [0.2, 0.25) is 0 Å². The van der Waals surface area contributed by atoms with Crippen LogP contribution in [0, 0.1) is 5.92 Å². The highest BCUT2D eigenvalue weighted by Gasteiger charge is 2.27. The lowest BCUT2D eigenvalue weighted by atomic mass is 9.83. The summed E-state index contributed by atoms with van der Waals surface area (Å²) in [5, 5.41) is 14.2. The Balaban J connectivity index is 2.31. The second-order valence-electron chi connectivity index (χ2n) is 7.55. The average Bonchev–Trinajstić information content (AvgIpc) is 2.48. The fourth-order valence-electron chi connectivity index (χ4n) is 3.02. The minimum atomic E-state index is -0.385. The van der Waals surface area contributed by atoms with Gasteiger partial charge in [0.25, 0.3) is 0 Å². The van der Waals surface area contributed by atoms with E-state index < -0.39 is 0 Å². The van der Waals surface area contributed by atoms with Gasteiger partial charge in [0, 0.05) is 6.04 Å². The van der Waals surface area contributed by atoms with E-state index >= 15 is 0 Å². The lowest BCUT2D eigenvalue weighted by molar-refractivity contribution is 0.120. The van der Waals surface area contributed by atoms with Gasteiger partial charge in [-0.2, -0.15) is 0 Å². The quantitative estimate of drug-likeness (QED) is 0.864. The molecule has 1 aromatic rings. The van der Waals surface area contributed by atoms with Crippen LogP contribution in [0.4, 0.5) is 0 Å². The van der Waals surface area contributed by atoms with Crippen LogP contribution in [0.2, 0.25) is 0 Å². The summed E-state index contributed by atoms with van der Waals surface area (Å²) >= 11 is 0. The van der Waals surface area contributed by atoms with E-state index in [1.165, 1.54) is 11.1 Å². The summed E-state index contributed by atoms with van der Waals surface area (Å²) in [6, 6.07) is 6.79. The summed E-state index contributed by atoms with van der Waals surface area (Å²) in [4.78, 5) is 0. The Hall–Kier alpha value is -0.860. The van der Waals surface area contributed by atoms with Crippen molar-refractivity contribution in [3.63, 3.8) is 0 Å². The molecule has 2 atom stereocenters. The SMILES string of the molecule is CC(C)C[C@H]1NCCc2cc(C(C)(C)C)ccc2C1O. The highest BCUT2D eigenvalue weighted by Crippen LogP contribution is 2.31. The smallest absolute Gasteiger partial charge is 0.0945 e. The molecule has 1 unspecified atom stereocenters. The molecule has 0 aromatic heterocycles. The first kappa shape index (κ1) is 15.5. The van der Waals surface area contributed by atoms with Gasteiger partial charge in [-0.1, -0.05) is 52.8 Å².